The molecule has 22 heavy (non-hydrogen) atoms. The van der Waals surface area contributed by atoms with Gasteiger partial charge in [-0.3, -0.25) is 10.1 Å². The molecular formula is C15H24ClNO4Si. The Morgan fingerprint density at radius 1 is 1.27 bits per heavy atom. The number of ether oxygens (including phenoxy) is 1. The van der Waals surface area contributed by atoms with Crippen LogP contribution in [0.15, 0.2) is 18.2 Å². The first kappa shape index (κ1) is 18.9. The molecule has 0 amide bonds. The molecule has 0 radical (unpaired) electrons. The Hall–Kier alpha value is -1.11. The van der Waals surface area contributed by atoms with Crippen molar-refractivity contribution in [1.29, 1.82) is 0 Å². The van der Waals surface area contributed by atoms with Crippen molar-refractivity contribution in [3.8, 4) is 5.75 Å². The van der Waals surface area contributed by atoms with Crippen LogP contribution < -0.4 is 4.74 Å². The molecule has 1 aromatic carbocycles. The predicted molar refractivity (Wildman–Crippen MR) is 90.9 cm³/mol. The molecule has 1 atom stereocenters. The van der Waals surface area contributed by atoms with Gasteiger partial charge in [0.25, 0.3) is 6.04 Å². The molecular weight excluding hydrogens is 322 g/mol. The molecule has 0 bridgehead atoms. The second-order valence-electron chi connectivity index (χ2n) is 5.21. The highest BCUT2D eigenvalue weighted by atomic mass is 35.5. The van der Waals surface area contributed by atoms with E-state index in [9.17, 15) is 10.1 Å². The SMILES string of the molecule is CC[Si](CC)(CC)OCC(c1c(Cl)cccc1OC)[N+](=O)[O-]. The highest BCUT2D eigenvalue weighted by Crippen LogP contribution is 2.35. The standard InChI is InChI=1S/C15H24ClNO4Si/c1-5-22(6-2,7-3)21-11-13(17(18)19)15-12(16)9-8-10-14(15)20-4/h8-10,13H,5-7,11H2,1-4H3. The molecule has 0 aliphatic carbocycles. The average Bonchev–Trinajstić information content (AvgIpc) is 2.52. The van der Waals surface area contributed by atoms with Crippen LogP contribution in [0.1, 0.15) is 32.4 Å². The number of hydrogen-bond donors (Lipinski definition) is 0. The molecule has 0 heterocycles. The van der Waals surface area contributed by atoms with Crippen molar-refractivity contribution in [2.24, 2.45) is 0 Å². The zero-order valence-corrected chi connectivity index (χ0v) is 15.4. The number of halogens is 1. The molecule has 1 unspecified atom stereocenters. The lowest BCUT2D eigenvalue weighted by molar-refractivity contribution is -0.531. The van der Waals surface area contributed by atoms with Crippen molar-refractivity contribution in [2.75, 3.05) is 13.7 Å². The molecule has 0 aliphatic rings. The molecule has 1 rings (SSSR count). The largest absolute Gasteiger partial charge is 0.496 e. The maximum atomic E-state index is 11.5. The van der Waals surface area contributed by atoms with Crippen LogP contribution in [0.5, 0.6) is 5.75 Å². The van der Waals surface area contributed by atoms with E-state index in [0.29, 0.717) is 16.3 Å². The van der Waals surface area contributed by atoms with Crippen molar-refractivity contribution >= 4 is 19.9 Å². The average molecular weight is 346 g/mol. The van der Waals surface area contributed by atoms with Gasteiger partial charge in [0.15, 0.2) is 8.32 Å². The predicted octanol–water partition coefficient (Wildman–Crippen LogP) is 4.69. The summed E-state index contributed by atoms with van der Waals surface area (Å²) in [4.78, 5) is 11.2. The van der Waals surface area contributed by atoms with Crippen molar-refractivity contribution in [2.45, 2.75) is 44.9 Å². The lowest BCUT2D eigenvalue weighted by Gasteiger charge is -2.28. The van der Waals surface area contributed by atoms with Crippen LogP contribution >= 0.6 is 11.6 Å². The topological polar surface area (TPSA) is 61.6 Å². The number of hydrogen-bond acceptors (Lipinski definition) is 4. The highest BCUT2D eigenvalue weighted by molar-refractivity contribution is 6.73. The highest BCUT2D eigenvalue weighted by Gasteiger charge is 2.35. The van der Waals surface area contributed by atoms with Gasteiger partial charge in [-0.2, -0.15) is 0 Å². The zero-order chi connectivity index (χ0) is 16.8. The number of rotatable bonds is 9. The Kier molecular flexibility index (Phi) is 7.32. The molecule has 0 aromatic heterocycles. The molecule has 0 N–H and O–H groups in total. The monoisotopic (exact) mass is 345 g/mol. The third-order valence-electron chi connectivity index (χ3n) is 4.30. The van der Waals surface area contributed by atoms with Gasteiger partial charge in [0.1, 0.15) is 12.4 Å². The maximum Gasteiger partial charge on any atom is 0.264 e. The molecule has 1 aromatic rings. The van der Waals surface area contributed by atoms with Crippen LogP contribution in [0.2, 0.25) is 23.2 Å². The summed E-state index contributed by atoms with van der Waals surface area (Å²) in [6, 6.07) is 6.87. The minimum Gasteiger partial charge on any atom is -0.496 e. The van der Waals surface area contributed by atoms with Gasteiger partial charge >= 0.3 is 0 Å². The molecule has 0 aliphatic heterocycles. The van der Waals surface area contributed by atoms with Gasteiger partial charge in [0.2, 0.25) is 0 Å². The van der Waals surface area contributed by atoms with Gasteiger partial charge in [-0.25, -0.2) is 0 Å². The van der Waals surface area contributed by atoms with Crippen LogP contribution in [0.3, 0.4) is 0 Å². The third-order valence-corrected chi connectivity index (χ3v) is 9.28. The summed E-state index contributed by atoms with van der Waals surface area (Å²) in [5.74, 6) is 0.426. The maximum absolute atomic E-state index is 11.5. The van der Waals surface area contributed by atoms with E-state index in [1.165, 1.54) is 7.11 Å². The van der Waals surface area contributed by atoms with Gasteiger partial charge in [-0.15, -0.1) is 0 Å². The van der Waals surface area contributed by atoms with E-state index >= 15 is 0 Å². The molecule has 0 saturated carbocycles. The molecule has 7 heteroatoms. The van der Waals surface area contributed by atoms with Crippen molar-refractivity contribution in [1.82, 2.24) is 0 Å². The van der Waals surface area contributed by atoms with E-state index in [1.807, 2.05) is 0 Å². The summed E-state index contributed by atoms with van der Waals surface area (Å²) >= 11 is 6.17. The van der Waals surface area contributed by atoms with E-state index in [1.54, 1.807) is 18.2 Å². The Labute approximate surface area is 137 Å². The van der Waals surface area contributed by atoms with Crippen LogP contribution in [0.25, 0.3) is 0 Å². The first-order valence-corrected chi connectivity index (χ1v) is 10.4. The molecule has 0 saturated heterocycles. The lowest BCUT2D eigenvalue weighted by atomic mass is 10.1. The summed E-state index contributed by atoms with van der Waals surface area (Å²) in [6.07, 6.45) is 0. The fraction of sp³-hybridized carbons (Fsp3) is 0.600. The summed E-state index contributed by atoms with van der Waals surface area (Å²) in [5.41, 5.74) is 0.392. The fourth-order valence-corrected chi connectivity index (χ4v) is 5.50. The minimum absolute atomic E-state index is 0.0365. The van der Waals surface area contributed by atoms with Crippen LogP contribution in [0.4, 0.5) is 0 Å². The molecule has 0 spiro atoms. The van der Waals surface area contributed by atoms with Crippen LogP contribution in [-0.4, -0.2) is 27.0 Å². The number of methoxy groups -OCH3 is 1. The number of nitrogens with zero attached hydrogens (tertiary/aromatic N) is 1. The van der Waals surface area contributed by atoms with Crippen molar-refractivity contribution in [3.63, 3.8) is 0 Å². The Morgan fingerprint density at radius 3 is 2.32 bits per heavy atom. The normalized spacial score (nSPS) is 13.0. The molecule has 5 nitrogen and oxygen atoms in total. The van der Waals surface area contributed by atoms with E-state index < -0.39 is 14.4 Å². The van der Waals surface area contributed by atoms with Crippen molar-refractivity contribution in [3.05, 3.63) is 38.9 Å². The summed E-state index contributed by atoms with van der Waals surface area (Å²) < 4.78 is 11.3. The van der Waals surface area contributed by atoms with E-state index in [4.69, 9.17) is 20.8 Å². The van der Waals surface area contributed by atoms with Crippen molar-refractivity contribution < 1.29 is 14.1 Å². The quantitative estimate of drug-likeness (QED) is 0.370. The zero-order valence-electron chi connectivity index (χ0n) is 13.6. The smallest absolute Gasteiger partial charge is 0.264 e. The number of benzene rings is 1. The van der Waals surface area contributed by atoms with Gasteiger partial charge in [-0.1, -0.05) is 38.4 Å². The Balaban J connectivity index is 3.09. The Bertz CT molecular complexity index is 500. The summed E-state index contributed by atoms with van der Waals surface area (Å²) in [5, 5.41) is 11.9. The van der Waals surface area contributed by atoms with Crippen LogP contribution in [0, 0.1) is 10.1 Å². The second-order valence-corrected chi connectivity index (χ2v) is 10.4. The van der Waals surface area contributed by atoms with E-state index in [-0.39, 0.29) is 11.5 Å². The van der Waals surface area contributed by atoms with Gasteiger partial charge in [0.05, 0.1) is 17.7 Å². The second kappa shape index (κ2) is 8.50. The van der Waals surface area contributed by atoms with E-state index in [0.717, 1.165) is 18.1 Å². The van der Waals surface area contributed by atoms with E-state index in [2.05, 4.69) is 20.8 Å². The fourth-order valence-electron chi connectivity index (χ4n) is 2.58. The summed E-state index contributed by atoms with van der Waals surface area (Å²) in [6.45, 7) is 6.32. The number of nitro groups is 1. The minimum atomic E-state index is -1.89. The third kappa shape index (κ3) is 4.21. The first-order chi connectivity index (χ1) is 10.4. The lowest BCUT2D eigenvalue weighted by Crippen LogP contribution is -2.38. The van der Waals surface area contributed by atoms with Gasteiger partial charge < -0.3 is 9.16 Å². The Morgan fingerprint density at radius 2 is 1.86 bits per heavy atom. The van der Waals surface area contributed by atoms with Gasteiger partial charge in [-0.05, 0) is 30.3 Å². The molecule has 124 valence electrons. The first-order valence-electron chi connectivity index (χ1n) is 7.54. The van der Waals surface area contributed by atoms with Gasteiger partial charge in [0, 0.05) is 4.92 Å². The summed E-state index contributed by atoms with van der Waals surface area (Å²) in [7, 11) is -0.410. The molecule has 0 fully saturated rings. The van der Waals surface area contributed by atoms with Crippen LogP contribution in [-0.2, 0) is 4.43 Å².